The Balaban J connectivity index is 1.52. The van der Waals surface area contributed by atoms with Gasteiger partial charge in [-0.05, 0) is 81.3 Å². The van der Waals surface area contributed by atoms with E-state index in [1.165, 1.54) is 0 Å². The molecule has 0 radical (unpaired) electrons. The summed E-state index contributed by atoms with van der Waals surface area (Å²) in [5.74, 6) is 2.23. The minimum atomic E-state index is -0.0205. The Kier molecular flexibility index (Phi) is 6.54. The summed E-state index contributed by atoms with van der Waals surface area (Å²) < 4.78 is 13.1. The van der Waals surface area contributed by atoms with Crippen molar-refractivity contribution in [3.8, 4) is 17.2 Å². The Morgan fingerprint density at radius 1 is 1.00 bits per heavy atom. The highest BCUT2D eigenvalue weighted by Crippen LogP contribution is 2.25. The third-order valence-electron chi connectivity index (χ3n) is 4.77. The molecule has 1 heterocycles. The quantitative estimate of drug-likeness (QED) is 0.597. The van der Waals surface area contributed by atoms with Crippen LogP contribution in [0.2, 0.25) is 0 Å². The molecule has 3 aromatic rings. The van der Waals surface area contributed by atoms with Gasteiger partial charge in [0.2, 0.25) is 5.91 Å². The highest BCUT2D eigenvalue weighted by atomic mass is 16.5. The summed E-state index contributed by atoms with van der Waals surface area (Å²) in [6.45, 7) is 6.58. The Labute approximate surface area is 171 Å². The monoisotopic (exact) mass is 393 g/mol. The van der Waals surface area contributed by atoms with Gasteiger partial charge in [-0.3, -0.25) is 9.48 Å². The number of hydrogen-bond donors (Lipinski definition) is 1. The topological polar surface area (TPSA) is 65.4 Å². The molecule has 29 heavy (non-hydrogen) atoms. The molecule has 2 aromatic carbocycles. The zero-order chi connectivity index (χ0) is 20.8. The SMILES string of the molecule is CCOc1ccc(Oc2ccc(NC(=O)CCc3c(C)nn(C)c3C)cc2)cc1. The average Bonchev–Trinajstić information content (AvgIpc) is 2.95. The van der Waals surface area contributed by atoms with Gasteiger partial charge in [-0.2, -0.15) is 5.10 Å². The van der Waals surface area contributed by atoms with Gasteiger partial charge in [0.25, 0.3) is 0 Å². The molecule has 0 spiro atoms. The van der Waals surface area contributed by atoms with Crippen molar-refractivity contribution < 1.29 is 14.3 Å². The molecule has 6 heteroatoms. The molecular weight excluding hydrogens is 366 g/mol. The molecule has 0 saturated carbocycles. The van der Waals surface area contributed by atoms with Gasteiger partial charge in [-0.25, -0.2) is 0 Å². The second-order valence-electron chi connectivity index (χ2n) is 6.85. The molecule has 0 saturated heterocycles. The van der Waals surface area contributed by atoms with E-state index in [0.29, 0.717) is 25.2 Å². The van der Waals surface area contributed by atoms with E-state index in [2.05, 4.69) is 10.4 Å². The first-order chi connectivity index (χ1) is 14.0. The van der Waals surface area contributed by atoms with Crippen LogP contribution in [0.3, 0.4) is 0 Å². The molecule has 0 fully saturated rings. The van der Waals surface area contributed by atoms with Crippen LogP contribution in [0.25, 0.3) is 0 Å². The molecule has 1 amide bonds. The number of aryl methyl sites for hydroxylation is 2. The summed E-state index contributed by atoms with van der Waals surface area (Å²) in [5.41, 5.74) is 3.97. The molecule has 0 aliphatic heterocycles. The normalized spacial score (nSPS) is 10.6. The van der Waals surface area contributed by atoms with Crippen LogP contribution < -0.4 is 14.8 Å². The molecule has 0 atom stereocenters. The number of anilines is 1. The summed E-state index contributed by atoms with van der Waals surface area (Å²) in [6.07, 6.45) is 1.09. The number of nitrogens with one attached hydrogen (secondary N) is 1. The Bertz CT molecular complexity index is 960. The molecular formula is C23H27N3O3. The maximum atomic E-state index is 12.3. The van der Waals surface area contributed by atoms with Crippen molar-refractivity contribution in [1.82, 2.24) is 9.78 Å². The molecule has 6 nitrogen and oxygen atoms in total. The van der Waals surface area contributed by atoms with Gasteiger partial charge in [0.05, 0.1) is 12.3 Å². The van der Waals surface area contributed by atoms with Crippen LogP contribution in [0.4, 0.5) is 5.69 Å². The minimum Gasteiger partial charge on any atom is -0.494 e. The number of carbonyl (C=O) groups is 1. The van der Waals surface area contributed by atoms with Crippen LogP contribution in [-0.4, -0.2) is 22.3 Å². The smallest absolute Gasteiger partial charge is 0.224 e. The first-order valence-corrected chi connectivity index (χ1v) is 9.76. The molecule has 0 aliphatic carbocycles. The largest absolute Gasteiger partial charge is 0.494 e. The third-order valence-corrected chi connectivity index (χ3v) is 4.77. The van der Waals surface area contributed by atoms with Crippen molar-refractivity contribution in [2.45, 2.75) is 33.6 Å². The molecule has 152 valence electrons. The predicted octanol–water partition coefficient (Wildman–Crippen LogP) is 4.80. The predicted molar refractivity (Wildman–Crippen MR) is 114 cm³/mol. The lowest BCUT2D eigenvalue weighted by Crippen LogP contribution is -2.12. The number of amides is 1. The van der Waals surface area contributed by atoms with Gasteiger partial charge < -0.3 is 14.8 Å². The van der Waals surface area contributed by atoms with Crippen LogP contribution in [-0.2, 0) is 18.3 Å². The highest BCUT2D eigenvalue weighted by molar-refractivity contribution is 5.90. The van der Waals surface area contributed by atoms with Crippen LogP contribution in [0, 0.1) is 13.8 Å². The summed E-state index contributed by atoms with van der Waals surface area (Å²) in [4.78, 5) is 12.3. The fourth-order valence-corrected chi connectivity index (χ4v) is 3.15. The summed E-state index contributed by atoms with van der Waals surface area (Å²) in [7, 11) is 1.92. The van der Waals surface area contributed by atoms with E-state index in [0.717, 1.165) is 34.1 Å². The van der Waals surface area contributed by atoms with Gasteiger partial charge >= 0.3 is 0 Å². The van der Waals surface area contributed by atoms with Crippen LogP contribution in [0.15, 0.2) is 48.5 Å². The summed E-state index contributed by atoms with van der Waals surface area (Å²) in [6, 6.07) is 14.8. The van der Waals surface area contributed by atoms with Crippen molar-refractivity contribution in [1.29, 1.82) is 0 Å². The first-order valence-electron chi connectivity index (χ1n) is 9.76. The van der Waals surface area contributed by atoms with E-state index in [9.17, 15) is 4.79 Å². The van der Waals surface area contributed by atoms with Crippen molar-refractivity contribution in [2.75, 3.05) is 11.9 Å². The standard InChI is InChI=1S/C23H27N3O3/c1-5-28-19-10-12-21(13-11-19)29-20-8-6-18(7-9-20)24-23(27)15-14-22-16(2)25-26(4)17(22)3/h6-13H,5,14-15H2,1-4H3,(H,24,27). The zero-order valence-corrected chi connectivity index (χ0v) is 17.4. The number of hydrogen-bond acceptors (Lipinski definition) is 4. The van der Waals surface area contributed by atoms with Crippen molar-refractivity contribution in [3.63, 3.8) is 0 Å². The van der Waals surface area contributed by atoms with Crippen LogP contribution in [0.1, 0.15) is 30.3 Å². The number of aromatic nitrogens is 2. The Hall–Kier alpha value is -3.28. The van der Waals surface area contributed by atoms with Gasteiger partial charge in [-0.15, -0.1) is 0 Å². The Morgan fingerprint density at radius 3 is 2.14 bits per heavy atom. The molecule has 0 unspecified atom stereocenters. The lowest BCUT2D eigenvalue weighted by Gasteiger charge is -2.09. The van der Waals surface area contributed by atoms with E-state index in [1.54, 1.807) is 0 Å². The minimum absolute atomic E-state index is 0.0205. The third kappa shape index (κ3) is 5.38. The molecule has 1 aromatic heterocycles. The van der Waals surface area contributed by atoms with E-state index < -0.39 is 0 Å². The van der Waals surface area contributed by atoms with E-state index in [4.69, 9.17) is 9.47 Å². The van der Waals surface area contributed by atoms with Crippen molar-refractivity contribution in [3.05, 3.63) is 65.5 Å². The molecule has 1 N–H and O–H groups in total. The van der Waals surface area contributed by atoms with Crippen molar-refractivity contribution >= 4 is 11.6 Å². The number of rotatable bonds is 8. The fourth-order valence-electron chi connectivity index (χ4n) is 3.15. The first kappa shape index (κ1) is 20.5. The van der Waals surface area contributed by atoms with Gasteiger partial charge in [-0.1, -0.05) is 0 Å². The van der Waals surface area contributed by atoms with Crippen LogP contribution >= 0.6 is 0 Å². The zero-order valence-electron chi connectivity index (χ0n) is 17.4. The van der Waals surface area contributed by atoms with E-state index in [-0.39, 0.29) is 5.91 Å². The van der Waals surface area contributed by atoms with Gasteiger partial charge in [0, 0.05) is 24.8 Å². The van der Waals surface area contributed by atoms with Gasteiger partial charge in [0.15, 0.2) is 0 Å². The van der Waals surface area contributed by atoms with Crippen LogP contribution in [0.5, 0.6) is 17.2 Å². The van der Waals surface area contributed by atoms with E-state index >= 15 is 0 Å². The van der Waals surface area contributed by atoms with E-state index in [1.807, 2.05) is 81.0 Å². The number of carbonyl (C=O) groups excluding carboxylic acids is 1. The lowest BCUT2D eigenvalue weighted by atomic mass is 10.1. The molecule has 0 bridgehead atoms. The maximum absolute atomic E-state index is 12.3. The fraction of sp³-hybridized carbons (Fsp3) is 0.304. The maximum Gasteiger partial charge on any atom is 0.224 e. The summed E-state index contributed by atoms with van der Waals surface area (Å²) >= 11 is 0. The summed E-state index contributed by atoms with van der Waals surface area (Å²) in [5, 5.41) is 7.33. The highest BCUT2D eigenvalue weighted by Gasteiger charge is 2.11. The second-order valence-corrected chi connectivity index (χ2v) is 6.85. The molecule has 3 rings (SSSR count). The van der Waals surface area contributed by atoms with Gasteiger partial charge in [0.1, 0.15) is 17.2 Å². The second kappa shape index (κ2) is 9.28. The average molecular weight is 393 g/mol. The number of ether oxygens (including phenoxy) is 2. The lowest BCUT2D eigenvalue weighted by molar-refractivity contribution is -0.116. The molecule has 0 aliphatic rings. The number of nitrogens with zero attached hydrogens (tertiary/aromatic N) is 2. The number of benzene rings is 2. The Morgan fingerprint density at radius 2 is 1.59 bits per heavy atom. The van der Waals surface area contributed by atoms with Crippen molar-refractivity contribution in [2.24, 2.45) is 7.05 Å².